The van der Waals surface area contributed by atoms with E-state index in [9.17, 15) is 19.5 Å². The highest BCUT2D eigenvalue weighted by molar-refractivity contribution is 6.08. The fourth-order valence-electron chi connectivity index (χ4n) is 1.37. The lowest BCUT2D eigenvalue weighted by atomic mass is 10.1. The Kier molecular flexibility index (Phi) is 4.19. The molecule has 0 amide bonds. The van der Waals surface area contributed by atoms with E-state index in [1.807, 2.05) is 13.8 Å². The smallest absolute Gasteiger partial charge is 0.267 e. The molecule has 1 heterocycles. The zero-order valence-electron chi connectivity index (χ0n) is 10.4. The van der Waals surface area contributed by atoms with Gasteiger partial charge >= 0.3 is 0 Å². The average molecular weight is 253 g/mol. The van der Waals surface area contributed by atoms with E-state index < -0.39 is 29.2 Å². The number of carbonyl (C=O) groups excluding carboxylic acids is 2. The van der Waals surface area contributed by atoms with Crippen molar-refractivity contribution in [3.05, 3.63) is 15.9 Å². The van der Waals surface area contributed by atoms with E-state index in [1.54, 1.807) is 0 Å². The summed E-state index contributed by atoms with van der Waals surface area (Å²) in [6.45, 7) is 4.88. The predicted molar refractivity (Wildman–Crippen MR) is 64.9 cm³/mol. The minimum Gasteiger partial charge on any atom is -0.493 e. The molecule has 0 aliphatic carbocycles. The largest absolute Gasteiger partial charge is 0.493 e. The number of H-pyrrole nitrogens is 1. The molecule has 7 nitrogen and oxygen atoms in total. The lowest BCUT2D eigenvalue weighted by Gasteiger charge is -2.09. The first-order valence-electron chi connectivity index (χ1n) is 5.43. The number of nitrogens with one attached hydrogen (secondary N) is 2. The molecule has 0 unspecified atom stereocenters. The minimum absolute atomic E-state index is 0.00585. The van der Waals surface area contributed by atoms with Gasteiger partial charge in [0.2, 0.25) is 11.8 Å². The maximum absolute atomic E-state index is 11.6. The number of nitrogens with zero attached hydrogens (tertiary/aromatic N) is 1. The molecule has 0 radical (unpaired) electrons. The third kappa shape index (κ3) is 3.41. The van der Waals surface area contributed by atoms with Gasteiger partial charge in [-0.15, -0.1) is 0 Å². The molecular formula is C11H15N3O4. The second-order valence-electron chi connectivity index (χ2n) is 4.21. The van der Waals surface area contributed by atoms with Crippen molar-refractivity contribution in [3.63, 3.8) is 0 Å². The first-order valence-corrected chi connectivity index (χ1v) is 5.43. The molecule has 0 aliphatic rings. The van der Waals surface area contributed by atoms with Crippen LogP contribution in [0.3, 0.4) is 0 Å². The second kappa shape index (κ2) is 5.44. The van der Waals surface area contributed by atoms with Crippen molar-refractivity contribution in [3.8, 4) is 5.88 Å². The van der Waals surface area contributed by atoms with Gasteiger partial charge in [-0.05, 0) is 20.8 Å². The lowest BCUT2D eigenvalue weighted by Crippen LogP contribution is -2.23. The van der Waals surface area contributed by atoms with Crippen molar-refractivity contribution in [2.75, 3.05) is 5.32 Å². The number of rotatable bonds is 5. The van der Waals surface area contributed by atoms with Gasteiger partial charge in [-0.2, -0.15) is 4.98 Å². The van der Waals surface area contributed by atoms with E-state index in [2.05, 4.69) is 15.3 Å². The standard InChI is InChI=1S/C11H15N3O4/c1-5(2)12-11-13-9(17)8(10(18)14-11)7(16)4-6(3)15/h5H,4H2,1-3H3,(H3,12,13,14,17,18). The summed E-state index contributed by atoms with van der Waals surface area (Å²) in [5, 5.41) is 12.4. The summed E-state index contributed by atoms with van der Waals surface area (Å²) in [4.78, 5) is 40.0. The number of aromatic nitrogens is 2. The highest BCUT2D eigenvalue weighted by Crippen LogP contribution is 2.13. The highest BCUT2D eigenvalue weighted by atomic mass is 16.3. The maximum atomic E-state index is 11.6. The van der Waals surface area contributed by atoms with Gasteiger partial charge in [-0.1, -0.05) is 0 Å². The number of Topliss-reactive ketones (excluding diaryl/α,β-unsaturated/α-hetero) is 2. The molecule has 1 rings (SSSR count). The molecule has 98 valence electrons. The lowest BCUT2D eigenvalue weighted by molar-refractivity contribution is -0.116. The number of anilines is 1. The van der Waals surface area contributed by atoms with Crippen LogP contribution in [0, 0.1) is 0 Å². The van der Waals surface area contributed by atoms with Crippen LogP contribution >= 0.6 is 0 Å². The Labute approximate surface area is 103 Å². The number of aromatic amines is 1. The Morgan fingerprint density at radius 1 is 1.44 bits per heavy atom. The number of aromatic hydroxyl groups is 1. The van der Waals surface area contributed by atoms with Crippen molar-refractivity contribution in [1.82, 2.24) is 9.97 Å². The summed E-state index contributed by atoms with van der Waals surface area (Å²) in [7, 11) is 0. The molecule has 0 saturated heterocycles. The minimum atomic E-state index is -0.767. The van der Waals surface area contributed by atoms with Crippen LogP contribution in [0.2, 0.25) is 0 Å². The third-order valence-corrected chi connectivity index (χ3v) is 2.01. The molecule has 0 bridgehead atoms. The summed E-state index contributed by atoms with van der Waals surface area (Å²) < 4.78 is 0. The number of hydrogen-bond donors (Lipinski definition) is 3. The van der Waals surface area contributed by atoms with E-state index in [1.165, 1.54) is 6.92 Å². The molecule has 0 atom stereocenters. The van der Waals surface area contributed by atoms with Crippen molar-refractivity contribution < 1.29 is 14.7 Å². The van der Waals surface area contributed by atoms with E-state index in [0.29, 0.717) is 0 Å². The van der Waals surface area contributed by atoms with Crippen molar-refractivity contribution in [2.45, 2.75) is 33.2 Å². The van der Waals surface area contributed by atoms with E-state index in [-0.39, 0.29) is 17.8 Å². The predicted octanol–water partition coefficient (Wildman–Crippen LogP) is 0.458. The summed E-state index contributed by atoms with van der Waals surface area (Å²) in [6, 6.07) is 0.00585. The Bertz CT molecular complexity index is 534. The highest BCUT2D eigenvalue weighted by Gasteiger charge is 2.19. The SMILES string of the molecule is CC(=O)CC(=O)c1c(O)nc(NC(C)C)[nH]c1=O. The molecule has 0 spiro atoms. The van der Waals surface area contributed by atoms with Crippen molar-refractivity contribution in [1.29, 1.82) is 0 Å². The van der Waals surface area contributed by atoms with Crippen LogP contribution in [0.15, 0.2) is 4.79 Å². The second-order valence-corrected chi connectivity index (χ2v) is 4.21. The van der Waals surface area contributed by atoms with Gasteiger partial charge < -0.3 is 10.4 Å². The molecule has 3 N–H and O–H groups in total. The molecule has 18 heavy (non-hydrogen) atoms. The van der Waals surface area contributed by atoms with Gasteiger partial charge in [0, 0.05) is 6.04 Å². The molecule has 7 heteroatoms. The van der Waals surface area contributed by atoms with Crippen molar-refractivity contribution >= 4 is 17.5 Å². The topological polar surface area (TPSA) is 112 Å². The van der Waals surface area contributed by atoms with Crippen LogP contribution < -0.4 is 10.9 Å². The molecule has 0 fully saturated rings. The van der Waals surface area contributed by atoms with Crippen LogP contribution in [-0.4, -0.2) is 32.7 Å². The first-order chi connectivity index (χ1) is 8.31. The van der Waals surface area contributed by atoms with E-state index in [0.717, 1.165) is 0 Å². The number of hydrogen-bond acceptors (Lipinski definition) is 6. The Morgan fingerprint density at radius 2 is 2.06 bits per heavy atom. The molecule has 1 aromatic rings. The summed E-state index contributed by atoms with van der Waals surface area (Å²) in [5.41, 5.74) is -1.25. The van der Waals surface area contributed by atoms with E-state index in [4.69, 9.17) is 0 Å². The quantitative estimate of drug-likeness (QED) is 0.519. The fraction of sp³-hybridized carbons (Fsp3) is 0.455. The van der Waals surface area contributed by atoms with Gasteiger partial charge in [0.15, 0.2) is 5.78 Å². The Hall–Kier alpha value is -2.18. The van der Waals surface area contributed by atoms with Crippen LogP contribution in [0.5, 0.6) is 5.88 Å². The van der Waals surface area contributed by atoms with Gasteiger partial charge in [-0.25, -0.2) is 0 Å². The van der Waals surface area contributed by atoms with E-state index >= 15 is 0 Å². The maximum Gasteiger partial charge on any atom is 0.267 e. The van der Waals surface area contributed by atoms with Gasteiger partial charge in [0.1, 0.15) is 11.3 Å². The van der Waals surface area contributed by atoms with Crippen LogP contribution in [0.4, 0.5) is 5.95 Å². The normalized spacial score (nSPS) is 10.4. The molecule has 0 aromatic carbocycles. The monoisotopic (exact) mass is 253 g/mol. The Balaban J connectivity index is 3.12. The summed E-state index contributed by atoms with van der Waals surface area (Å²) >= 11 is 0. The first kappa shape index (κ1) is 13.9. The Morgan fingerprint density at radius 3 is 2.50 bits per heavy atom. The van der Waals surface area contributed by atoms with Gasteiger partial charge in [-0.3, -0.25) is 19.4 Å². The molecule has 1 aromatic heterocycles. The van der Waals surface area contributed by atoms with Crippen molar-refractivity contribution in [2.24, 2.45) is 0 Å². The number of ketones is 2. The fourth-order valence-corrected chi connectivity index (χ4v) is 1.37. The third-order valence-electron chi connectivity index (χ3n) is 2.01. The summed E-state index contributed by atoms with van der Waals surface area (Å²) in [6.07, 6.45) is -0.435. The molecular weight excluding hydrogens is 238 g/mol. The van der Waals surface area contributed by atoms with Crippen LogP contribution in [0.1, 0.15) is 37.6 Å². The number of carbonyl (C=O) groups is 2. The zero-order valence-corrected chi connectivity index (χ0v) is 10.4. The molecule has 0 aliphatic heterocycles. The van der Waals surface area contributed by atoms with Crippen LogP contribution in [0.25, 0.3) is 0 Å². The van der Waals surface area contributed by atoms with Crippen LogP contribution in [-0.2, 0) is 4.79 Å². The molecule has 0 saturated carbocycles. The zero-order chi connectivity index (χ0) is 13.9. The average Bonchev–Trinajstić information content (AvgIpc) is 2.12. The van der Waals surface area contributed by atoms with Gasteiger partial charge in [0.05, 0.1) is 6.42 Å². The summed E-state index contributed by atoms with van der Waals surface area (Å²) in [5.74, 6) is -1.73. The van der Waals surface area contributed by atoms with Gasteiger partial charge in [0.25, 0.3) is 5.56 Å².